The Hall–Kier alpha value is 0.240. The zero-order valence-corrected chi connectivity index (χ0v) is 12.6. The lowest BCUT2D eigenvalue weighted by Gasteiger charge is -2.18. The number of hydrogen-bond donors (Lipinski definition) is 0. The Labute approximate surface area is 118 Å². The highest BCUT2D eigenvalue weighted by Crippen LogP contribution is 2.36. The Bertz CT molecular complexity index is 420. The summed E-state index contributed by atoms with van der Waals surface area (Å²) in [5.74, 6) is -0.00518. The van der Waals surface area contributed by atoms with Crippen molar-refractivity contribution in [2.75, 3.05) is 0 Å². The molecule has 2 atom stereocenters. The van der Waals surface area contributed by atoms with E-state index in [1.807, 2.05) is 6.92 Å². The molecular formula is C11H10BrCl3O. The first-order chi connectivity index (χ1) is 7.34. The fraction of sp³-hybridized carbons (Fsp3) is 0.364. The smallest absolute Gasteiger partial charge is 0.144 e. The fourth-order valence-electron chi connectivity index (χ4n) is 1.40. The summed E-state index contributed by atoms with van der Waals surface area (Å²) in [6.07, 6.45) is 0. The lowest BCUT2D eigenvalue weighted by atomic mass is 9.96. The summed E-state index contributed by atoms with van der Waals surface area (Å²) in [5.41, 5.74) is 0.813. The predicted octanol–water partition coefficient (Wildman–Crippen LogP) is 5.10. The van der Waals surface area contributed by atoms with Crippen LogP contribution in [-0.2, 0) is 4.79 Å². The van der Waals surface area contributed by atoms with Crippen molar-refractivity contribution in [2.24, 2.45) is 0 Å². The molecule has 0 spiro atoms. The third kappa shape index (κ3) is 3.13. The largest absolute Gasteiger partial charge is 0.299 e. The number of alkyl halides is 1. The molecule has 0 aromatic heterocycles. The first kappa shape index (κ1) is 14.3. The van der Waals surface area contributed by atoms with E-state index in [9.17, 15) is 4.79 Å². The van der Waals surface area contributed by atoms with Crippen molar-refractivity contribution >= 4 is 56.5 Å². The van der Waals surface area contributed by atoms with Crippen LogP contribution in [-0.4, -0.2) is 10.6 Å². The minimum atomic E-state index is -0.276. The van der Waals surface area contributed by atoms with Gasteiger partial charge in [0.15, 0.2) is 0 Å². The standard InChI is InChI=1S/C11H10BrCl3O/c1-5(11(12)6(2)16)7-3-9(14)10(15)4-8(7)13/h3-5,11H,1-2H3. The van der Waals surface area contributed by atoms with E-state index in [1.165, 1.54) is 6.92 Å². The third-order valence-corrected chi connectivity index (χ3v) is 4.84. The molecule has 0 heterocycles. The zero-order chi connectivity index (χ0) is 12.5. The van der Waals surface area contributed by atoms with Gasteiger partial charge in [-0.1, -0.05) is 57.7 Å². The molecule has 0 saturated heterocycles. The Kier molecular flexibility index (Phi) is 5.11. The predicted molar refractivity (Wildman–Crippen MR) is 73.3 cm³/mol. The molecule has 1 nitrogen and oxygen atoms in total. The van der Waals surface area contributed by atoms with Crippen LogP contribution in [0.2, 0.25) is 15.1 Å². The van der Waals surface area contributed by atoms with Gasteiger partial charge in [-0.3, -0.25) is 4.79 Å². The number of carbonyl (C=O) groups is 1. The maximum atomic E-state index is 11.3. The molecule has 0 fully saturated rings. The molecule has 16 heavy (non-hydrogen) atoms. The molecule has 0 aliphatic carbocycles. The average Bonchev–Trinajstić information content (AvgIpc) is 2.21. The highest BCUT2D eigenvalue weighted by Gasteiger charge is 2.23. The molecule has 0 N–H and O–H groups in total. The van der Waals surface area contributed by atoms with E-state index < -0.39 is 0 Å². The number of carbonyl (C=O) groups excluding carboxylic acids is 1. The molecule has 0 radical (unpaired) electrons. The maximum Gasteiger partial charge on any atom is 0.144 e. The molecule has 0 aliphatic heterocycles. The van der Waals surface area contributed by atoms with Gasteiger partial charge in [-0.05, 0) is 24.6 Å². The van der Waals surface area contributed by atoms with Crippen LogP contribution in [0.25, 0.3) is 0 Å². The molecule has 5 heteroatoms. The second kappa shape index (κ2) is 5.72. The minimum Gasteiger partial charge on any atom is -0.299 e. The van der Waals surface area contributed by atoms with Gasteiger partial charge in [0.2, 0.25) is 0 Å². The molecule has 0 amide bonds. The monoisotopic (exact) mass is 342 g/mol. The number of hydrogen-bond acceptors (Lipinski definition) is 1. The Morgan fingerprint density at radius 2 is 1.69 bits per heavy atom. The molecule has 1 aromatic rings. The molecule has 88 valence electrons. The van der Waals surface area contributed by atoms with Crippen LogP contribution < -0.4 is 0 Å². The maximum absolute atomic E-state index is 11.3. The van der Waals surface area contributed by atoms with E-state index in [0.717, 1.165) is 5.56 Å². The van der Waals surface area contributed by atoms with Gasteiger partial charge in [0.25, 0.3) is 0 Å². The molecular weight excluding hydrogens is 334 g/mol. The van der Waals surface area contributed by atoms with Crippen molar-refractivity contribution < 1.29 is 4.79 Å². The SMILES string of the molecule is CC(=O)C(Br)C(C)c1cc(Cl)c(Cl)cc1Cl. The van der Waals surface area contributed by atoms with Crippen LogP contribution in [0.15, 0.2) is 12.1 Å². The summed E-state index contributed by atoms with van der Waals surface area (Å²) < 4.78 is 0. The summed E-state index contributed by atoms with van der Waals surface area (Å²) in [6, 6.07) is 3.30. The zero-order valence-electron chi connectivity index (χ0n) is 8.73. The van der Waals surface area contributed by atoms with Gasteiger partial charge in [-0.2, -0.15) is 0 Å². The van der Waals surface area contributed by atoms with Gasteiger partial charge in [0, 0.05) is 10.9 Å². The highest BCUT2D eigenvalue weighted by molar-refractivity contribution is 9.10. The van der Waals surface area contributed by atoms with Crippen molar-refractivity contribution in [3.05, 3.63) is 32.8 Å². The van der Waals surface area contributed by atoms with E-state index in [-0.39, 0.29) is 16.5 Å². The van der Waals surface area contributed by atoms with Crippen LogP contribution >= 0.6 is 50.7 Å². The van der Waals surface area contributed by atoms with Crippen LogP contribution in [0.1, 0.15) is 25.3 Å². The van der Waals surface area contributed by atoms with E-state index >= 15 is 0 Å². The van der Waals surface area contributed by atoms with Crippen molar-refractivity contribution in [3.8, 4) is 0 Å². The lowest BCUT2D eigenvalue weighted by Crippen LogP contribution is -2.17. The van der Waals surface area contributed by atoms with E-state index in [2.05, 4.69) is 15.9 Å². The number of Topliss-reactive ketones (excluding diaryl/α,β-unsaturated/α-hetero) is 1. The summed E-state index contributed by atoms with van der Waals surface area (Å²) in [7, 11) is 0. The lowest BCUT2D eigenvalue weighted by molar-refractivity contribution is -0.116. The second-order valence-electron chi connectivity index (χ2n) is 3.59. The van der Waals surface area contributed by atoms with E-state index in [1.54, 1.807) is 12.1 Å². The molecule has 0 bridgehead atoms. The average molecular weight is 344 g/mol. The van der Waals surface area contributed by atoms with Gasteiger partial charge >= 0.3 is 0 Å². The molecule has 2 unspecified atom stereocenters. The van der Waals surface area contributed by atoms with Crippen LogP contribution in [0.4, 0.5) is 0 Å². The van der Waals surface area contributed by atoms with Crippen molar-refractivity contribution in [2.45, 2.75) is 24.6 Å². The fourth-order valence-corrected chi connectivity index (χ4v) is 2.41. The van der Waals surface area contributed by atoms with Crippen LogP contribution in [0.3, 0.4) is 0 Å². The second-order valence-corrected chi connectivity index (χ2v) is 5.80. The normalized spacial score (nSPS) is 14.6. The number of rotatable bonds is 3. The molecule has 1 rings (SSSR count). The summed E-state index contributed by atoms with van der Waals surface area (Å²) in [6.45, 7) is 3.44. The third-order valence-electron chi connectivity index (χ3n) is 2.36. The van der Waals surface area contributed by atoms with Crippen LogP contribution in [0.5, 0.6) is 0 Å². The topological polar surface area (TPSA) is 17.1 Å². The van der Waals surface area contributed by atoms with Crippen LogP contribution in [0, 0.1) is 0 Å². The van der Waals surface area contributed by atoms with Gasteiger partial charge in [-0.25, -0.2) is 0 Å². The van der Waals surface area contributed by atoms with Crippen molar-refractivity contribution in [3.63, 3.8) is 0 Å². The Balaban J connectivity index is 3.13. The van der Waals surface area contributed by atoms with Gasteiger partial charge in [-0.15, -0.1) is 0 Å². The summed E-state index contributed by atoms with van der Waals surface area (Å²) >= 11 is 21.2. The summed E-state index contributed by atoms with van der Waals surface area (Å²) in [4.78, 5) is 11.0. The van der Waals surface area contributed by atoms with Gasteiger partial charge in [0.05, 0.1) is 14.9 Å². The first-order valence-electron chi connectivity index (χ1n) is 4.63. The Morgan fingerprint density at radius 1 is 1.19 bits per heavy atom. The Morgan fingerprint density at radius 3 is 2.19 bits per heavy atom. The van der Waals surface area contributed by atoms with Gasteiger partial charge in [0.1, 0.15) is 5.78 Å². The first-order valence-corrected chi connectivity index (χ1v) is 6.68. The minimum absolute atomic E-state index is 0.0506. The van der Waals surface area contributed by atoms with E-state index in [0.29, 0.717) is 15.1 Å². The van der Waals surface area contributed by atoms with Crippen molar-refractivity contribution in [1.82, 2.24) is 0 Å². The molecule has 0 saturated carbocycles. The number of benzene rings is 1. The summed E-state index contributed by atoms with van der Waals surface area (Å²) in [5, 5.41) is 1.38. The highest BCUT2D eigenvalue weighted by atomic mass is 79.9. The van der Waals surface area contributed by atoms with Gasteiger partial charge < -0.3 is 0 Å². The molecule has 1 aromatic carbocycles. The van der Waals surface area contributed by atoms with Crippen molar-refractivity contribution in [1.29, 1.82) is 0 Å². The van der Waals surface area contributed by atoms with E-state index in [4.69, 9.17) is 34.8 Å². The number of ketones is 1. The quantitative estimate of drug-likeness (QED) is 0.550. The molecule has 0 aliphatic rings. The number of halogens is 4.